The Balaban J connectivity index is 3.83. The lowest BCUT2D eigenvalue weighted by Crippen LogP contribution is -2.19. The lowest BCUT2D eigenvalue weighted by Gasteiger charge is -2.10. The summed E-state index contributed by atoms with van der Waals surface area (Å²) in [6.45, 7) is 2.85. The van der Waals surface area contributed by atoms with Crippen LogP contribution < -0.4 is 5.73 Å². The standard InChI is InChI=1S/C11H22N2O/c1-4-6-10(9-12)7-5-8-11(14)13(2)3/h5,8,10H,4,6-7,9,12H2,1-3H3/b8-5-. The minimum absolute atomic E-state index is 0.0391. The molecule has 0 fully saturated rings. The average molecular weight is 198 g/mol. The van der Waals surface area contributed by atoms with Crippen molar-refractivity contribution in [1.29, 1.82) is 0 Å². The molecule has 14 heavy (non-hydrogen) atoms. The van der Waals surface area contributed by atoms with Crippen molar-refractivity contribution in [3.63, 3.8) is 0 Å². The average Bonchev–Trinajstić information content (AvgIpc) is 2.16. The van der Waals surface area contributed by atoms with Gasteiger partial charge in [0.05, 0.1) is 0 Å². The first-order chi connectivity index (χ1) is 6.61. The first kappa shape index (κ1) is 13.2. The first-order valence-electron chi connectivity index (χ1n) is 5.19. The quantitative estimate of drug-likeness (QED) is 0.656. The molecule has 0 aliphatic heterocycles. The fourth-order valence-corrected chi connectivity index (χ4v) is 1.25. The molecule has 1 amide bonds. The third-order valence-corrected chi connectivity index (χ3v) is 2.20. The smallest absolute Gasteiger partial charge is 0.245 e. The van der Waals surface area contributed by atoms with Crippen LogP contribution in [0.2, 0.25) is 0 Å². The van der Waals surface area contributed by atoms with E-state index in [4.69, 9.17) is 5.73 Å². The molecule has 0 aliphatic rings. The number of likely N-dealkylation sites (N-methyl/N-ethyl adjacent to an activating group) is 1. The molecule has 3 heteroatoms. The van der Waals surface area contributed by atoms with Crippen LogP contribution in [0.5, 0.6) is 0 Å². The summed E-state index contributed by atoms with van der Waals surface area (Å²) in [5.74, 6) is 0.559. The van der Waals surface area contributed by atoms with Gasteiger partial charge in [-0.05, 0) is 31.4 Å². The Morgan fingerprint density at radius 1 is 1.50 bits per heavy atom. The van der Waals surface area contributed by atoms with E-state index in [0.29, 0.717) is 12.5 Å². The summed E-state index contributed by atoms with van der Waals surface area (Å²) in [5.41, 5.74) is 5.61. The Kier molecular flexibility index (Phi) is 7.11. The lowest BCUT2D eigenvalue weighted by molar-refractivity contribution is -0.123. The van der Waals surface area contributed by atoms with Crippen molar-refractivity contribution < 1.29 is 4.79 Å². The van der Waals surface area contributed by atoms with Crippen molar-refractivity contribution in [2.75, 3.05) is 20.6 Å². The van der Waals surface area contributed by atoms with Gasteiger partial charge in [-0.15, -0.1) is 0 Å². The Morgan fingerprint density at radius 3 is 2.57 bits per heavy atom. The van der Waals surface area contributed by atoms with E-state index < -0.39 is 0 Å². The van der Waals surface area contributed by atoms with Gasteiger partial charge in [0.25, 0.3) is 0 Å². The molecule has 0 aromatic heterocycles. The summed E-state index contributed by atoms with van der Waals surface area (Å²) in [4.78, 5) is 12.7. The van der Waals surface area contributed by atoms with E-state index in [-0.39, 0.29) is 5.91 Å². The largest absolute Gasteiger partial charge is 0.345 e. The second-order valence-electron chi connectivity index (χ2n) is 3.76. The molecule has 0 bridgehead atoms. The fourth-order valence-electron chi connectivity index (χ4n) is 1.25. The minimum Gasteiger partial charge on any atom is -0.345 e. The van der Waals surface area contributed by atoms with Gasteiger partial charge in [-0.3, -0.25) is 4.79 Å². The molecule has 0 aliphatic carbocycles. The summed E-state index contributed by atoms with van der Waals surface area (Å²) in [6, 6.07) is 0. The highest BCUT2D eigenvalue weighted by Gasteiger charge is 2.03. The molecular formula is C11H22N2O. The van der Waals surface area contributed by atoms with Gasteiger partial charge in [0.15, 0.2) is 0 Å². The fraction of sp³-hybridized carbons (Fsp3) is 0.727. The zero-order valence-electron chi connectivity index (χ0n) is 9.49. The number of rotatable bonds is 6. The number of hydrogen-bond acceptors (Lipinski definition) is 2. The molecular weight excluding hydrogens is 176 g/mol. The minimum atomic E-state index is 0.0391. The molecule has 0 saturated heterocycles. The maximum Gasteiger partial charge on any atom is 0.245 e. The van der Waals surface area contributed by atoms with Crippen LogP contribution in [0.25, 0.3) is 0 Å². The summed E-state index contributed by atoms with van der Waals surface area (Å²) in [7, 11) is 3.50. The number of nitrogens with two attached hydrogens (primary N) is 1. The normalized spacial score (nSPS) is 13.1. The lowest BCUT2D eigenvalue weighted by atomic mass is 10.00. The summed E-state index contributed by atoms with van der Waals surface area (Å²) < 4.78 is 0. The van der Waals surface area contributed by atoms with Crippen LogP contribution in [0, 0.1) is 5.92 Å². The Hall–Kier alpha value is -0.830. The number of carbonyl (C=O) groups excluding carboxylic acids is 1. The van der Waals surface area contributed by atoms with Crippen molar-refractivity contribution in [2.45, 2.75) is 26.2 Å². The van der Waals surface area contributed by atoms with Gasteiger partial charge in [0.1, 0.15) is 0 Å². The Bertz CT molecular complexity index is 188. The summed E-state index contributed by atoms with van der Waals surface area (Å²) >= 11 is 0. The van der Waals surface area contributed by atoms with Crippen LogP contribution in [-0.4, -0.2) is 31.4 Å². The van der Waals surface area contributed by atoms with Crippen molar-refractivity contribution in [3.05, 3.63) is 12.2 Å². The van der Waals surface area contributed by atoms with E-state index in [2.05, 4.69) is 6.92 Å². The number of hydrogen-bond donors (Lipinski definition) is 1. The molecule has 0 heterocycles. The molecule has 1 atom stereocenters. The highest BCUT2D eigenvalue weighted by atomic mass is 16.2. The van der Waals surface area contributed by atoms with Crippen molar-refractivity contribution in [2.24, 2.45) is 11.7 Å². The van der Waals surface area contributed by atoms with E-state index in [0.717, 1.165) is 19.3 Å². The van der Waals surface area contributed by atoms with Gasteiger partial charge < -0.3 is 10.6 Å². The summed E-state index contributed by atoms with van der Waals surface area (Å²) in [5, 5.41) is 0. The van der Waals surface area contributed by atoms with E-state index in [1.807, 2.05) is 6.08 Å². The van der Waals surface area contributed by atoms with Gasteiger partial charge in [-0.2, -0.15) is 0 Å². The zero-order chi connectivity index (χ0) is 11.0. The maximum absolute atomic E-state index is 11.2. The molecule has 0 aromatic rings. The predicted molar refractivity (Wildman–Crippen MR) is 59.9 cm³/mol. The molecule has 0 rings (SSSR count). The number of amides is 1. The van der Waals surface area contributed by atoms with Crippen LogP contribution in [0.3, 0.4) is 0 Å². The predicted octanol–water partition coefficient (Wildman–Crippen LogP) is 1.40. The zero-order valence-corrected chi connectivity index (χ0v) is 9.49. The second kappa shape index (κ2) is 7.56. The molecule has 0 saturated carbocycles. The highest BCUT2D eigenvalue weighted by molar-refractivity contribution is 5.87. The van der Waals surface area contributed by atoms with Crippen LogP contribution in [0.4, 0.5) is 0 Å². The number of allylic oxidation sites excluding steroid dienone is 1. The van der Waals surface area contributed by atoms with E-state index in [1.54, 1.807) is 25.1 Å². The molecule has 0 aromatic carbocycles. The molecule has 1 unspecified atom stereocenters. The van der Waals surface area contributed by atoms with E-state index in [9.17, 15) is 4.79 Å². The second-order valence-corrected chi connectivity index (χ2v) is 3.76. The third kappa shape index (κ3) is 5.75. The Morgan fingerprint density at radius 2 is 2.14 bits per heavy atom. The first-order valence-corrected chi connectivity index (χ1v) is 5.19. The molecule has 82 valence electrons. The summed E-state index contributed by atoms with van der Waals surface area (Å²) in [6.07, 6.45) is 6.74. The monoisotopic (exact) mass is 198 g/mol. The van der Waals surface area contributed by atoms with Crippen LogP contribution in [-0.2, 0) is 4.79 Å². The van der Waals surface area contributed by atoms with Gasteiger partial charge in [0, 0.05) is 14.1 Å². The van der Waals surface area contributed by atoms with Gasteiger partial charge in [-0.1, -0.05) is 19.4 Å². The van der Waals surface area contributed by atoms with E-state index in [1.165, 1.54) is 0 Å². The third-order valence-electron chi connectivity index (χ3n) is 2.20. The van der Waals surface area contributed by atoms with Crippen LogP contribution in [0.1, 0.15) is 26.2 Å². The van der Waals surface area contributed by atoms with Gasteiger partial charge in [0.2, 0.25) is 5.91 Å². The number of carbonyl (C=O) groups is 1. The molecule has 3 nitrogen and oxygen atoms in total. The highest BCUT2D eigenvalue weighted by Crippen LogP contribution is 2.09. The van der Waals surface area contributed by atoms with Crippen molar-refractivity contribution in [3.8, 4) is 0 Å². The van der Waals surface area contributed by atoms with Gasteiger partial charge in [-0.25, -0.2) is 0 Å². The van der Waals surface area contributed by atoms with Crippen LogP contribution in [0.15, 0.2) is 12.2 Å². The Labute approximate surface area is 87.0 Å². The van der Waals surface area contributed by atoms with Crippen LogP contribution >= 0.6 is 0 Å². The molecule has 0 radical (unpaired) electrons. The molecule has 0 spiro atoms. The SMILES string of the molecule is CCCC(CN)C/C=C\C(=O)N(C)C. The van der Waals surface area contributed by atoms with E-state index >= 15 is 0 Å². The van der Waals surface area contributed by atoms with Crippen molar-refractivity contribution >= 4 is 5.91 Å². The maximum atomic E-state index is 11.2. The van der Waals surface area contributed by atoms with Crippen molar-refractivity contribution in [1.82, 2.24) is 4.90 Å². The molecule has 2 N–H and O–H groups in total. The number of nitrogens with zero attached hydrogens (tertiary/aromatic N) is 1. The van der Waals surface area contributed by atoms with Gasteiger partial charge >= 0.3 is 0 Å². The topological polar surface area (TPSA) is 46.3 Å².